The van der Waals surface area contributed by atoms with Crippen LogP contribution in [-0.2, 0) is 6.42 Å². The maximum Gasteiger partial charge on any atom is 0.137 e. The van der Waals surface area contributed by atoms with Gasteiger partial charge in [-0.3, -0.25) is 0 Å². The summed E-state index contributed by atoms with van der Waals surface area (Å²) in [6.07, 6.45) is 1.93. The molecule has 0 heterocycles. The van der Waals surface area contributed by atoms with Gasteiger partial charge in [0, 0.05) is 5.69 Å². The lowest BCUT2D eigenvalue weighted by atomic mass is 10.1. The molecule has 0 aliphatic rings. The molecule has 94 valence electrons. The molecule has 2 aromatic carbocycles. The predicted octanol–water partition coefficient (Wildman–Crippen LogP) is 3.93. The van der Waals surface area contributed by atoms with Gasteiger partial charge < -0.3 is 10.5 Å². The smallest absolute Gasteiger partial charge is 0.137 e. The Morgan fingerprint density at radius 2 is 1.72 bits per heavy atom. The number of rotatable bonds is 5. The van der Waals surface area contributed by atoms with E-state index >= 15 is 0 Å². The van der Waals surface area contributed by atoms with E-state index in [-0.39, 0.29) is 0 Å². The number of nitrogens with two attached hydrogens (primary N) is 1. The summed E-state index contributed by atoms with van der Waals surface area (Å²) in [5.41, 5.74) is 7.70. The van der Waals surface area contributed by atoms with Gasteiger partial charge in [-0.1, -0.05) is 35.9 Å². The highest BCUT2D eigenvalue weighted by atomic mass is 35.5. The zero-order valence-corrected chi connectivity index (χ0v) is 10.9. The van der Waals surface area contributed by atoms with E-state index in [1.165, 1.54) is 5.56 Å². The predicted molar refractivity (Wildman–Crippen MR) is 76.1 cm³/mol. The molecule has 3 heteroatoms. The fourth-order valence-electron chi connectivity index (χ4n) is 1.70. The first kappa shape index (κ1) is 12.8. The Labute approximate surface area is 112 Å². The fourth-order valence-corrected chi connectivity index (χ4v) is 1.89. The van der Waals surface area contributed by atoms with Gasteiger partial charge in [0.25, 0.3) is 0 Å². The summed E-state index contributed by atoms with van der Waals surface area (Å²) in [6.45, 7) is 0.661. The van der Waals surface area contributed by atoms with Crippen LogP contribution in [-0.4, -0.2) is 6.61 Å². The molecule has 0 atom stereocenters. The standard InChI is InChI=1S/C15H16ClNO/c16-14-5-1-2-6-15(14)18-11-3-4-12-7-9-13(17)10-8-12/h1-2,5-10H,3-4,11,17H2. The van der Waals surface area contributed by atoms with Crippen molar-refractivity contribution in [3.63, 3.8) is 0 Å². The van der Waals surface area contributed by atoms with Crippen LogP contribution in [0.25, 0.3) is 0 Å². The van der Waals surface area contributed by atoms with Crippen LogP contribution in [0.2, 0.25) is 5.02 Å². The summed E-state index contributed by atoms with van der Waals surface area (Å²) in [6, 6.07) is 15.5. The Bertz CT molecular complexity index is 496. The van der Waals surface area contributed by atoms with E-state index in [1.54, 1.807) is 0 Å². The van der Waals surface area contributed by atoms with Gasteiger partial charge in [0.15, 0.2) is 0 Å². The summed E-state index contributed by atoms with van der Waals surface area (Å²) >= 11 is 6.00. The SMILES string of the molecule is Nc1ccc(CCCOc2ccccc2Cl)cc1. The number of ether oxygens (including phenoxy) is 1. The van der Waals surface area contributed by atoms with Crippen LogP contribution in [0, 0.1) is 0 Å². The molecule has 2 rings (SSSR count). The monoisotopic (exact) mass is 261 g/mol. The second-order valence-corrected chi connectivity index (χ2v) is 4.53. The minimum atomic E-state index is 0.657. The molecular weight excluding hydrogens is 246 g/mol. The first-order valence-corrected chi connectivity index (χ1v) is 6.35. The van der Waals surface area contributed by atoms with Crippen molar-refractivity contribution < 1.29 is 4.74 Å². The van der Waals surface area contributed by atoms with Gasteiger partial charge in [-0.05, 0) is 42.7 Å². The molecular formula is C15H16ClNO. The minimum absolute atomic E-state index is 0.657. The molecule has 2 nitrogen and oxygen atoms in total. The molecule has 0 unspecified atom stereocenters. The Kier molecular flexibility index (Phi) is 4.48. The molecule has 0 saturated carbocycles. The fraction of sp³-hybridized carbons (Fsp3) is 0.200. The van der Waals surface area contributed by atoms with Crippen molar-refractivity contribution in [1.82, 2.24) is 0 Å². The highest BCUT2D eigenvalue weighted by molar-refractivity contribution is 6.32. The highest BCUT2D eigenvalue weighted by Crippen LogP contribution is 2.23. The van der Waals surface area contributed by atoms with Crippen molar-refractivity contribution >= 4 is 17.3 Å². The maximum absolute atomic E-state index is 6.00. The topological polar surface area (TPSA) is 35.2 Å². The lowest BCUT2D eigenvalue weighted by Crippen LogP contribution is -1.99. The third kappa shape index (κ3) is 3.67. The van der Waals surface area contributed by atoms with Crippen LogP contribution in [0.4, 0.5) is 5.69 Å². The van der Waals surface area contributed by atoms with E-state index in [1.807, 2.05) is 48.5 Å². The van der Waals surface area contributed by atoms with E-state index in [4.69, 9.17) is 22.1 Å². The highest BCUT2D eigenvalue weighted by Gasteiger charge is 1.99. The maximum atomic E-state index is 6.00. The van der Waals surface area contributed by atoms with Gasteiger partial charge in [0.1, 0.15) is 5.75 Å². The first-order valence-electron chi connectivity index (χ1n) is 5.97. The van der Waals surface area contributed by atoms with Gasteiger partial charge in [-0.15, -0.1) is 0 Å². The largest absolute Gasteiger partial charge is 0.492 e. The van der Waals surface area contributed by atoms with Crippen molar-refractivity contribution in [3.05, 3.63) is 59.1 Å². The number of aryl methyl sites for hydroxylation is 1. The van der Waals surface area contributed by atoms with Crippen LogP contribution >= 0.6 is 11.6 Å². The summed E-state index contributed by atoms with van der Waals surface area (Å²) in [7, 11) is 0. The molecule has 0 aromatic heterocycles. The third-order valence-electron chi connectivity index (χ3n) is 2.68. The van der Waals surface area contributed by atoms with E-state index < -0.39 is 0 Å². The number of benzene rings is 2. The summed E-state index contributed by atoms with van der Waals surface area (Å²) in [4.78, 5) is 0. The van der Waals surface area contributed by atoms with Crippen molar-refractivity contribution in [1.29, 1.82) is 0 Å². The molecule has 0 bridgehead atoms. The second-order valence-electron chi connectivity index (χ2n) is 4.12. The molecule has 18 heavy (non-hydrogen) atoms. The Morgan fingerprint density at radius 3 is 2.44 bits per heavy atom. The number of para-hydroxylation sites is 1. The number of hydrogen-bond donors (Lipinski definition) is 1. The van der Waals surface area contributed by atoms with Crippen molar-refractivity contribution in [2.45, 2.75) is 12.8 Å². The molecule has 0 saturated heterocycles. The van der Waals surface area contributed by atoms with Crippen molar-refractivity contribution in [2.75, 3.05) is 12.3 Å². The molecule has 0 fully saturated rings. The van der Waals surface area contributed by atoms with Gasteiger partial charge in [0.05, 0.1) is 11.6 Å². The molecule has 2 N–H and O–H groups in total. The van der Waals surface area contributed by atoms with Crippen LogP contribution in [0.5, 0.6) is 5.75 Å². The lowest BCUT2D eigenvalue weighted by molar-refractivity contribution is 0.311. The van der Waals surface area contributed by atoms with Crippen LogP contribution in [0.3, 0.4) is 0 Å². The third-order valence-corrected chi connectivity index (χ3v) is 3.00. The average Bonchev–Trinajstić information content (AvgIpc) is 2.39. The van der Waals surface area contributed by atoms with Crippen LogP contribution in [0.1, 0.15) is 12.0 Å². The first-order chi connectivity index (χ1) is 8.75. The van der Waals surface area contributed by atoms with Gasteiger partial charge in [-0.25, -0.2) is 0 Å². The molecule has 0 radical (unpaired) electrons. The lowest BCUT2D eigenvalue weighted by Gasteiger charge is -2.07. The zero-order chi connectivity index (χ0) is 12.8. The van der Waals surface area contributed by atoms with E-state index in [0.29, 0.717) is 11.6 Å². The second kappa shape index (κ2) is 6.31. The average molecular weight is 262 g/mol. The number of hydrogen-bond acceptors (Lipinski definition) is 2. The summed E-state index contributed by atoms with van der Waals surface area (Å²) in [5.74, 6) is 0.747. The molecule has 0 aliphatic carbocycles. The number of anilines is 1. The van der Waals surface area contributed by atoms with E-state index in [9.17, 15) is 0 Å². The molecule has 0 aliphatic heterocycles. The van der Waals surface area contributed by atoms with Gasteiger partial charge >= 0.3 is 0 Å². The van der Waals surface area contributed by atoms with E-state index in [2.05, 4.69) is 0 Å². The normalized spacial score (nSPS) is 10.3. The Balaban J connectivity index is 1.76. The van der Waals surface area contributed by atoms with Gasteiger partial charge in [0.2, 0.25) is 0 Å². The van der Waals surface area contributed by atoms with E-state index in [0.717, 1.165) is 24.3 Å². The van der Waals surface area contributed by atoms with Crippen molar-refractivity contribution in [2.24, 2.45) is 0 Å². The zero-order valence-electron chi connectivity index (χ0n) is 10.1. The quantitative estimate of drug-likeness (QED) is 0.654. The van der Waals surface area contributed by atoms with Crippen LogP contribution in [0.15, 0.2) is 48.5 Å². The Hall–Kier alpha value is -1.67. The molecule has 2 aromatic rings. The molecule has 0 spiro atoms. The summed E-state index contributed by atoms with van der Waals surface area (Å²) in [5, 5.41) is 0.657. The minimum Gasteiger partial charge on any atom is -0.492 e. The van der Waals surface area contributed by atoms with Crippen molar-refractivity contribution in [3.8, 4) is 5.75 Å². The molecule has 0 amide bonds. The summed E-state index contributed by atoms with van der Waals surface area (Å²) < 4.78 is 5.63. The number of halogens is 1. The van der Waals surface area contributed by atoms with Gasteiger partial charge in [-0.2, -0.15) is 0 Å². The van der Waals surface area contributed by atoms with Crippen LogP contribution < -0.4 is 10.5 Å². The Morgan fingerprint density at radius 1 is 1.00 bits per heavy atom. The number of nitrogen functional groups attached to an aromatic ring is 1.